The molecular formula is C10H11NO4. The third-order valence-electron chi connectivity index (χ3n) is 1.64. The van der Waals surface area contributed by atoms with Crippen LogP contribution in [0.15, 0.2) is 24.3 Å². The van der Waals surface area contributed by atoms with E-state index in [9.17, 15) is 9.59 Å². The van der Waals surface area contributed by atoms with Crippen molar-refractivity contribution in [2.45, 2.75) is 6.42 Å². The van der Waals surface area contributed by atoms with E-state index < -0.39 is 18.5 Å². The van der Waals surface area contributed by atoms with Gasteiger partial charge < -0.3 is 15.6 Å². The molecule has 80 valence electrons. The molecule has 0 bridgehead atoms. The number of carboxylic acids is 1. The van der Waals surface area contributed by atoms with Crippen LogP contribution in [0.4, 0.5) is 0 Å². The summed E-state index contributed by atoms with van der Waals surface area (Å²) in [5.41, 5.74) is 5.72. The van der Waals surface area contributed by atoms with E-state index in [0.29, 0.717) is 11.3 Å². The molecule has 0 heterocycles. The molecule has 0 aliphatic heterocycles. The zero-order valence-corrected chi connectivity index (χ0v) is 7.97. The summed E-state index contributed by atoms with van der Waals surface area (Å²) in [5.74, 6) is -1.07. The fourth-order valence-electron chi connectivity index (χ4n) is 1.09. The zero-order valence-electron chi connectivity index (χ0n) is 7.97. The number of hydrogen-bond acceptors (Lipinski definition) is 3. The van der Waals surface area contributed by atoms with Crippen molar-refractivity contribution < 1.29 is 19.4 Å². The lowest BCUT2D eigenvalue weighted by atomic mass is 10.1. The number of aliphatic carboxylic acids is 1. The van der Waals surface area contributed by atoms with Crippen molar-refractivity contribution >= 4 is 11.9 Å². The smallest absolute Gasteiger partial charge is 0.341 e. The van der Waals surface area contributed by atoms with Crippen LogP contribution in [0.25, 0.3) is 0 Å². The van der Waals surface area contributed by atoms with Gasteiger partial charge in [0.05, 0.1) is 6.42 Å². The Balaban J connectivity index is 2.65. The van der Waals surface area contributed by atoms with E-state index in [-0.39, 0.29) is 6.42 Å². The molecule has 1 amide bonds. The summed E-state index contributed by atoms with van der Waals surface area (Å²) < 4.78 is 4.94. The van der Waals surface area contributed by atoms with E-state index in [1.165, 1.54) is 0 Å². The monoisotopic (exact) mass is 209 g/mol. The quantitative estimate of drug-likeness (QED) is 0.723. The maximum absolute atomic E-state index is 10.6. The van der Waals surface area contributed by atoms with Crippen LogP contribution in [0, 0.1) is 0 Å². The molecule has 0 aromatic heterocycles. The van der Waals surface area contributed by atoms with Gasteiger partial charge in [-0.25, -0.2) is 4.79 Å². The fraction of sp³-hybridized carbons (Fsp3) is 0.200. The third-order valence-corrected chi connectivity index (χ3v) is 1.64. The minimum Gasteiger partial charge on any atom is -0.482 e. The molecule has 3 N–H and O–H groups in total. The van der Waals surface area contributed by atoms with Crippen molar-refractivity contribution in [2.75, 3.05) is 6.61 Å². The van der Waals surface area contributed by atoms with Crippen LogP contribution in [-0.4, -0.2) is 23.6 Å². The Morgan fingerprint density at radius 2 is 2.13 bits per heavy atom. The van der Waals surface area contributed by atoms with Gasteiger partial charge in [0.15, 0.2) is 6.61 Å². The first-order valence-electron chi connectivity index (χ1n) is 4.30. The molecule has 0 unspecified atom stereocenters. The summed E-state index contributed by atoms with van der Waals surface area (Å²) in [6.07, 6.45) is 0.115. The highest BCUT2D eigenvalue weighted by atomic mass is 16.5. The maximum Gasteiger partial charge on any atom is 0.341 e. The maximum atomic E-state index is 10.6. The number of carboxylic acid groups (broad SMARTS) is 1. The Hall–Kier alpha value is -2.04. The second kappa shape index (κ2) is 4.99. The fourth-order valence-corrected chi connectivity index (χ4v) is 1.09. The Bertz CT molecular complexity index is 375. The number of benzene rings is 1. The van der Waals surface area contributed by atoms with Gasteiger partial charge in [-0.1, -0.05) is 12.1 Å². The van der Waals surface area contributed by atoms with Crippen LogP contribution in [0.2, 0.25) is 0 Å². The molecule has 0 spiro atoms. The lowest BCUT2D eigenvalue weighted by Crippen LogP contribution is -2.14. The SMILES string of the molecule is NC(=O)Cc1cccc(OCC(=O)O)c1. The summed E-state index contributed by atoms with van der Waals surface area (Å²) in [4.78, 5) is 20.9. The lowest BCUT2D eigenvalue weighted by Gasteiger charge is -2.04. The molecule has 5 nitrogen and oxygen atoms in total. The van der Waals surface area contributed by atoms with Gasteiger partial charge in [-0.05, 0) is 17.7 Å². The molecule has 0 saturated carbocycles. The predicted octanol–water partition coefficient (Wildman–Crippen LogP) is 0.178. The van der Waals surface area contributed by atoms with Crippen LogP contribution in [-0.2, 0) is 16.0 Å². The van der Waals surface area contributed by atoms with E-state index >= 15 is 0 Å². The highest BCUT2D eigenvalue weighted by Crippen LogP contribution is 2.13. The van der Waals surface area contributed by atoms with Crippen LogP contribution in [0.5, 0.6) is 5.75 Å². The van der Waals surface area contributed by atoms with Crippen LogP contribution in [0.1, 0.15) is 5.56 Å². The molecule has 0 saturated heterocycles. The minimum absolute atomic E-state index is 0.115. The molecule has 1 aromatic carbocycles. The molecule has 0 atom stereocenters. The van der Waals surface area contributed by atoms with E-state index in [1.54, 1.807) is 24.3 Å². The van der Waals surface area contributed by atoms with Crippen molar-refractivity contribution in [3.05, 3.63) is 29.8 Å². The number of hydrogen-bond donors (Lipinski definition) is 2. The minimum atomic E-state index is -1.05. The molecule has 15 heavy (non-hydrogen) atoms. The topological polar surface area (TPSA) is 89.6 Å². The number of amides is 1. The molecule has 0 aliphatic carbocycles. The molecule has 0 radical (unpaired) electrons. The summed E-state index contributed by atoms with van der Waals surface area (Å²) in [5, 5.41) is 8.39. The standard InChI is InChI=1S/C10H11NO4/c11-9(12)5-7-2-1-3-8(4-7)15-6-10(13)14/h1-4H,5-6H2,(H2,11,12)(H,13,14). The van der Waals surface area contributed by atoms with Crippen molar-refractivity contribution in [3.63, 3.8) is 0 Å². The molecule has 1 rings (SSSR count). The highest BCUT2D eigenvalue weighted by molar-refractivity contribution is 5.76. The number of primary amides is 1. The average Bonchev–Trinajstić information content (AvgIpc) is 2.14. The summed E-state index contributed by atoms with van der Waals surface area (Å²) in [6, 6.07) is 6.61. The van der Waals surface area contributed by atoms with E-state index in [2.05, 4.69) is 0 Å². The van der Waals surface area contributed by atoms with E-state index in [1.807, 2.05) is 0 Å². The summed E-state index contributed by atoms with van der Waals surface area (Å²) in [6.45, 7) is -0.403. The van der Waals surface area contributed by atoms with Gasteiger partial charge in [0, 0.05) is 0 Å². The first-order chi connectivity index (χ1) is 7.08. The van der Waals surface area contributed by atoms with E-state index in [0.717, 1.165) is 0 Å². The highest BCUT2D eigenvalue weighted by Gasteiger charge is 2.02. The number of nitrogens with two attached hydrogens (primary N) is 1. The number of ether oxygens (including phenoxy) is 1. The number of rotatable bonds is 5. The lowest BCUT2D eigenvalue weighted by molar-refractivity contribution is -0.139. The Morgan fingerprint density at radius 1 is 1.40 bits per heavy atom. The average molecular weight is 209 g/mol. The normalized spacial score (nSPS) is 9.60. The van der Waals surface area contributed by atoms with Crippen molar-refractivity contribution in [1.29, 1.82) is 0 Å². The predicted molar refractivity (Wildman–Crippen MR) is 52.5 cm³/mol. The van der Waals surface area contributed by atoms with Gasteiger partial charge in [0.25, 0.3) is 0 Å². The Kier molecular flexibility index (Phi) is 3.68. The second-order valence-electron chi connectivity index (χ2n) is 2.97. The summed E-state index contributed by atoms with van der Waals surface area (Å²) in [7, 11) is 0. The van der Waals surface area contributed by atoms with Crippen molar-refractivity contribution in [3.8, 4) is 5.75 Å². The second-order valence-corrected chi connectivity index (χ2v) is 2.97. The van der Waals surface area contributed by atoms with Gasteiger partial charge in [-0.15, -0.1) is 0 Å². The van der Waals surface area contributed by atoms with Crippen molar-refractivity contribution in [2.24, 2.45) is 5.73 Å². The molecule has 0 aliphatic rings. The number of carbonyl (C=O) groups is 2. The van der Waals surface area contributed by atoms with Gasteiger partial charge in [0.2, 0.25) is 5.91 Å². The summed E-state index contributed by atoms with van der Waals surface area (Å²) >= 11 is 0. The van der Waals surface area contributed by atoms with Crippen molar-refractivity contribution in [1.82, 2.24) is 0 Å². The van der Waals surface area contributed by atoms with Gasteiger partial charge in [-0.2, -0.15) is 0 Å². The van der Waals surface area contributed by atoms with Crippen LogP contribution < -0.4 is 10.5 Å². The third kappa shape index (κ3) is 4.12. The Morgan fingerprint density at radius 3 is 2.73 bits per heavy atom. The first kappa shape index (κ1) is 11.0. The van der Waals surface area contributed by atoms with E-state index in [4.69, 9.17) is 15.6 Å². The molecule has 1 aromatic rings. The molecular weight excluding hydrogens is 198 g/mol. The van der Waals surface area contributed by atoms with Crippen LogP contribution in [0.3, 0.4) is 0 Å². The van der Waals surface area contributed by atoms with Gasteiger partial charge in [-0.3, -0.25) is 4.79 Å². The molecule has 5 heteroatoms. The largest absolute Gasteiger partial charge is 0.482 e. The molecule has 0 fully saturated rings. The zero-order chi connectivity index (χ0) is 11.3. The van der Waals surface area contributed by atoms with Gasteiger partial charge >= 0.3 is 5.97 Å². The first-order valence-corrected chi connectivity index (χ1v) is 4.30. The number of carbonyl (C=O) groups excluding carboxylic acids is 1. The Labute approximate surface area is 86.5 Å². The van der Waals surface area contributed by atoms with Crippen LogP contribution >= 0.6 is 0 Å². The van der Waals surface area contributed by atoms with Gasteiger partial charge in [0.1, 0.15) is 5.75 Å².